The highest BCUT2D eigenvalue weighted by Gasteiger charge is 2.24. The van der Waals surface area contributed by atoms with E-state index < -0.39 is 0 Å². The Balaban J connectivity index is 1.34. The van der Waals surface area contributed by atoms with E-state index in [0.717, 1.165) is 16.7 Å². The van der Waals surface area contributed by atoms with Gasteiger partial charge in [-0.25, -0.2) is 0 Å². The summed E-state index contributed by atoms with van der Waals surface area (Å²) in [4.78, 5) is 18.4. The average molecular weight is 364 g/mol. The Bertz CT molecular complexity index is 954. The van der Waals surface area contributed by atoms with Crippen LogP contribution < -0.4 is 14.2 Å². The largest absolute Gasteiger partial charge is 0.486 e. The predicted molar refractivity (Wildman–Crippen MR) is 101 cm³/mol. The molecular weight excluding hydrogens is 344 g/mol. The molecule has 1 aliphatic rings. The van der Waals surface area contributed by atoms with E-state index >= 15 is 0 Å². The quantitative estimate of drug-likeness (QED) is 0.697. The zero-order valence-electron chi connectivity index (χ0n) is 15.0. The number of carbonyl (C=O) groups is 1. The number of rotatable bonds is 5. The molecule has 2 heterocycles. The SMILES string of the molecule is CN(C[C@@H]1COc2ccccc2O1)C(=O)COc1cccc2cccnc12. The van der Waals surface area contributed by atoms with E-state index in [4.69, 9.17) is 14.2 Å². The van der Waals surface area contributed by atoms with Crippen molar-refractivity contribution in [3.05, 3.63) is 60.8 Å². The topological polar surface area (TPSA) is 60.9 Å². The summed E-state index contributed by atoms with van der Waals surface area (Å²) in [7, 11) is 1.73. The van der Waals surface area contributed by atoms with Crippen molar-refractivity contribution in [2.75, 3.05) is 26.8 Å². The van der Waals surface area contributed by atoms with Crippen LogP contribution in [0.25, 0.3) is 10.9 Å². The van der Waals surface area contributed by atoms with Gasteiger partial charge in [0, 0.05) is 18.6 Å². The van der Waals surface area contributed by atoms with Gasteiger partial charge in [0.25, 0.3) is 5.91 Å². The minimum atomic E-state index is -0.215. The lowest BCUT2D eigenvalue weighted by Crippen LogP contribution is -2.43. The van der Waals surface area contributed by atoms with E-state index in [0.29, 0.717) is 24.7 Å². The Hall–Kier alpha value is -3.28. The summed E-state index contributed by atoms with van der Waals surface area (Å²) >= 11 is 0. The number of hydrogen-bond acceptors (Lipinski definition) is 5. The molecule has 1 aromatic heterocycles. The number of aromatic nitrogens is 1. The van der Waals surface area contributed by atoms with Crippen LogP contribution >= 0.6 is 0 Å². The van der Waals surface area contributed by atoms with Crippen molar-refractivity contribution in [1.82, 2.24) is 9.88 Å². The van der Waals surface area contributed by atoms with Crippen LogP contribution in [0.3, 0.4) is 0 Å². The lowest BCUT2D eigenvalue weighted by molar-refractivity contribution is -0.133. The molecule has 4 rings (SSSR count). The fraction of sp³-hybridized carbons (Fsp3) is 0.238. The van der Waals surface area contributed by atoms with Crippen LogP contribution in [-0.4, -0.2) is 48.7 Å². The number of ether oxygens (including phenoxy) is 3. The van der Waals surface area contributed by atoms with Crippen molar-refractivity contribution in [3.63, 3.8) is 0 Å². The van der Waals surface area contributed by atoms with Gasteiger partial charge in [-0.2, -0.15) is 0 Å². The van der Waals surface area contributed by atoms with E-state index in [1.54, 1.807) is 18.1 Å². The first-order valence-corrected chi connectivity index (χ1v) is 8.80. The number of nitrogens with zero attached hydrogens (tertiary/aromatic N) is 2. The summed E-state index contributed by atoms with van der Waals surface area (Å²) in [6.07, 6.45) is 1.49. The van der Waals surface area contributed by atoms with Gasteiger partial charge in [-0.3, -0.25) is 9.78 Å². The third-order valence-corrected chi connectivity index (χ3v) is 4.42. The highest BCUT2D eigenvalue weighted by atomic mass is 16.6. The maximum absolute atomic E-state index is 12.5. The second-order valence-corrected chi connectivity index (χ2v) is 6.39. The molecule has 0 fully saturated rings. The third-order valence-electron chi connectivity index (χ3n) is 4.42. The standard InChI is InChI=1S/C21H20N2O4/c1-23(12-16-13-25-17-8-2-3-9-18(17)27-16)20(24)14-26-19-10-4-6-15-7-5-11-22-21(15)19/h2-11,16H,12-14H2,1H3/t16-/m1/s1. The molecule has 0 aliphatic carbocycles. The molecule has 6 heteroatoms. The molecule has 138 valence electrons. The molecular formula is C21H20N2O4. The van der Waals surface area contributed by atoms with Crippen molar-refractivity contribution in [3.8, 4) is 17.2 Å². The van der Waals surface area contributed by atoms with E-state index in [1.165, 1.54) is 0 Å². The summed E-state index contributed by atoms with van der Waals surface area (Å²) in [6.45, 7) is 0.767. The summed E-state index contributed by atoms with van der Waals surface area (Å²) in [5.41, 5.74) is 0.746. The van der Waals surface area contributed by atoms with Crippen molar-refractivity contribution in [2.24, 2.45) is 0 Å². The predicted octanol–water partition coefficient (Wildman–Crippen LogP) is 2.91. The Morgan fingerprint density at radius 3 is 2.85 bits per heavy atom. The number of hydrogen-bond donors (Lipinski definition) is 0. The maximum atomic E-state index is 12.5. The van der Waals surface area contributed by atoms with Crippen LogP contribution in [0.1, 0.15) is 0 Å². The van der Waals surface area contributed by atoms with Crippen molar-refractivity contribution in [2.45, 2.75) is 6.10 Å². The average Bonchev–Trinajstić information content (AvgIpc) is 2.71. The molecule has 2 aromatic carbocycles. The fourth-order valence-electron chi connectivity index (χ4n) is 3.00. The molecule has 3 aromatic rings. The van der Waals surface area contributed by atoms with Crippen LogP contribution in [0, 0.1) is 0 Å². The summed E-state index contributed by atoms with van der Waals surface area (Å²) in [5, 5.41) is 0.974. The second kappa shape index (κ2) is 7.53. The van der Waals surface area contributed by atoms with Crippen LogP contribution in [0.2, 0.25) is 0 Å². The van der Waals surface area contributed by atoms with Crippen LogP contribution in [-0.2, 0) is 4.79 Å². The van der Waals surface area contributed by atoms with E-state index in [-0.39, 0.29) is 18.6 Å². The first-order valence-electron chi connectivity index (χ1n) is 8.80. The molecule has 6 nitrogen and oxygen atoms in total. The molecule has 27 heavy (non-hydrogen) atoms. The molecule has 0 spiro atoms. The van der Waals surface area contributed by atoms with Crippen LogP contribution in [0.15, 0.2) is 60.8 Å². The highest BCUT2D eigenvalue weighted by Crippen LogP contribution is 2.31. The molecule has 0 saturated heterocycles. The normalized spacial score (nSPS) is 15.4. The number of amides is 1. The van der Waals surface area contributed by atoms with Crippen LogP contribution in [0.5, 0.6) is 17.2 Å². The van der Waals surface area contributed by atoms with Crippen molar-refractivity contribution in [1.29, 1.82) is 0 Å². The molecule has 0 radical (unpaired) electrons. The number of para-hydroxylation sites is 3. The van der Waals surface area contributed by atoms with Gasteiger partial charge in [0.15, 0.2) is 24.2 Å². The van der Waals surface area contributed by atoms with E-state index in [1.807, 2.05) is 54.6 Å². The van der Waals surface area contributed by atoms with Gasteiger partial charge >= 0.3 is 0 Å². The lowest BCUT2D eigenvalue weighted by atomic mass is 10.2. The minimum Gasteiger partial charge on any atom is -0.486 e. The van der Waals surface area contributed by atoms with Gasteiger partial charge in [-0.1, -0.05) is 30.3 Å². The zero-order chi connectivity index (χ0) is 18.6. The molecule has 0 bridgehead atoms. The van der Waals surface area contributed by atoms with Crippen molar-refractivity contribution >= 4 is 16.8 Å². The van der Waals surface area contributed by atoms with Gasteiger partial charge in [-0.05, 0) is 24.3 Å². The molecule has 0 unspecified atom stereocenters. The second-order valence-electron chi connectivity index (χ2n) is 6.39. The summed E-state index contributed by atoms with van der Waals surface area (Å²) in [6, 6.07) is 17.0. The highest BCUT2D eigenvalue weighted by molar-refractivity contribution is 5.85. The number of carbonyl (C=O) groups excluding carboxylic acids is 1. The van der Waals surface area contributed by atoms with E-state index in [2.05, 4.69) is 4.98 Å². The molecule has 0 saturated carbocycles. The van der Waals surface area contributed by atoms with Gasteiger partial charge in [0.05, 0.1) is 6.54 Å². The Morgan fingerprint density at radius 2 is 1.96 bits per heavy atom. The smallest absolute Gasteiger partial charge is 0.260 e. The molecule has 1 atom stereocenters. The summed E-state index contributed by atoms with van der Waals surface area (Å²) < 4.78 is 17.3. The Kier molecular flexibility index (Phi) is 4.78. The Labute approximate surface area is 157 Å². The number of benzene rings is 2. The fourth-order valence-corrected chi connectivity index (χ4v) is 3.00. The molecule has 1 amide bonds. The number of likely N-dealkylation sites (N-methyl/N-ethyl adjacent to an activating group) is 1. The minimum absolute atomic E-state index is 0.0592. The zero-order valence-corrected chi connectivity index (χ0v) is 15.0. The lowest BCUT2D eigenvalue weighted by Gasteiger charge is -2.29. The third kappa shape index (κ3) is 3.79. The van der Waals surface area contributed by atoms with Gasteiger partial charge in [0.2, 0.25) is 0 Å². The first-order chi connectivity index (χ1) is 13.2. The van der Waals surface area contributed by atoms with Gasteiger partial charge in [0.1, 0.15) is 17.9 Å². The summed E-state index contributed by atoms with van der Waals surface area (Å²) in [5.74, 6) is 1.90. The Morgan fingerprint density at radius 1 is 1.15 bits per heavy atom. The van der Waals surface area contributed by atoms with E-state index in [9.17, 15) is 4.79 Å². The monoisotopic (exact) mass is 364 g/mol. The van der Waals surface area contributed by atoms with Crippen molar-refractivity contribution < 1.29 is 19.0 Å². The maximum Gasteiger partial charge on any atom is 0.260 e. The van der Waals surface area contributed by atoms with Gasteiger partial charge < -0.3 is 19.1 Å². The van der Waals surface area contributed by atoms with Crippen LogP contribution in [0.4, 0.5) is 0 Å². The number of fused-ring (bicyclic) bond motifs is 2. The van der Waals surface area contributed by atoms with Gasteiger partial charge in [-0.15, -0.1) is 0 Å². The molecule has 0 N–H and O–H groups in total. The molecule has 1 aliphatic heterocycles. The first kappa shape index (κ1) is 17.1. The number of pyridine rings is 1.